The summed E-state index contributed by atoms with van der Waals surface area (Å²) in [6.07, 6.45) is 3.88. The van der Waals surface area contributed by atoms with Gasteiger partial charge in [0.05, 0.1) is 5.69 Å². The number of anilines is 1. The second-order valence-electron chi connectivity index (χ2n) is 7.12. The molecule has 6 heteroatoms. The van der Waals surface area contributed by atoms with Crippen molar-refractivity contribution in [3.8, 4) is 5.75 Å². The number of carbonyl (C=O) groups is 1. The van der Waals surface area contributed by atoms with E-state index in [2.05, 4.69) is 10.3 Å². The average molecular weight is 397 g/mol. The molecule has 0 aliphatic rings. The van der Waals surface area contributed by atoms with E-state index in [1.165, 1.54) is 0 Å². The molecule has 0 spiro atoms. The van der Waals surface area contributed by atoms with Crippen LogP contribution in [0.15, 0.2) is 83.5 Å². The number of carbonyl (C=O) groups excluding carboxylic acids is 1. The number of nitrogens with one attached hydrogen (secondary N) is 1. The van der Waals surface area contributed by atoms with Gasteiger partial charge in [-0.05, 0) is 49.4 Å². The van der Waals surface area contributed by atoms with Crippen LogP contribution in [0.4, 0.5) is 5.69 Å². The van der Waals surface area contributed by atoms with Gasteiger partial charge in [0.15, 0.2) is 5.76 Å². The summed E-state index contributed by atoms with van der Waals surface area (Å²) in [7, 11) is 0. The highest BCUT2D eigenvalue weighted by Crippen LogP contribution is 2.23. The van der Waals surface area contributed by atoms with Gasteiger partial charge in [0.1, 0.15) is 23.6 Å². The summed E-state index contributed by atoms with van der Waals surface area (Å²) in [4.78, 5) is 17.1. The third-order valence-corrected chi connectivity index (χ3v) is 4.79. The van der Waals surface area contributed by atoms with Crippen molar-refractivity contribution in [2.75, 3.05) is 5.32 Å². The highest BCUT2D eigenvalue weighted by molar-refractivity contribution is 6.04. The highest BCUT2D eigenvalue weighted by Gasteiger charge is 2.13. The second kappa shape index (κ2) is 7.40. The van der Waals surface area contributed by atoms with Gasteiger partial charge in [0, 0.05) is 29.5 Å². The minimum absolute atomic E-state index is 0.270. The van der Waals surface area contributed by atoms with Crippen LogP contribution in [0.5, 0.6) is 5.75 Å². The Hall–Kier alpha value is -4.06. The summed E-state index contributed by atoms with van der Waals surface area (Å²) in [5.74, 6) is 0.609. The number of amides is 1. The fraction of sp³-hybridized carbons (Fsp3) is 0.0833. The fourth-order valence-electron chi connectivity index (χ4n) is 3.35. The molecule has 0 fully saturated rings. The second-order valence-corrected chi connectivity index (χ2v) is 7.12. The first-order valence-electron chi connectivity index (χ1n) is 9.61. The molecule has 2 aromatic carbocycles. The maximum atomic E-state index is 12.6. The number of hydrogen-bond donors (Lipinski definition) is 1. The summed E-state index contributed by atoms with van der Waals surface area (Å²) >= 11 is 0. The highest BCUT2D eigenvalue weighted by atomic mass is 16.5. The van der Waals surface area contributed by atoms with Gasteiger partial charge in [-0.15, -0.1) is 0 Å². The Balaban J connectivity index is 1.28. The van der Waals surface area contributed by atoms with E-state index in [-0.39, 0.29) is 11.7 Å². The van der Waals surface area contributed by atoms with Gasteiger partial charge in [-0.2, -0.15) is 0 Å². The first kappa shape index (κ1) is 18.0. The third-order valence-electron chi connectivity index (χ3n) is 4.79. The van der Waals surface area contributed by atoms with Gasteiger partial charge in [-0.3, -0.25) is 4.79 Å². The number of benzene rings is 2. The van der Waals surface area contributed by atoms with Crippen LogP contribution in [-0.2, 0) is 6.61 Å². The molecule has 0 radical (unpaired) electrons. The van der Waals surface area contributed by atoms with E-state index in [1.807, 2.05) is 78.3 Å². The molecule has 0 aliphatic heterocycles. The Labute approximate surface area is 172 Å². The first-order chi connectivity index (χ1) is 14.6. The molecule has 0 bridgehead atoms. The van der Waals surface area contributed by atoms with E-state index in [4.69, 9.17) is 9.15 Å². The number of hydrogen-bond acceptors (Lipinski definition) is 4. The molecule has 6 nitrogen and oxygen atoms in total. The molecule has 0 aliphatic carbocycles. The van der Waals surface area contributed by atoms with E-state index in [9.17, 15) is 4.79 Å². The molecule has 0 atom stereocenters. The van der Waals surface area contributed by atoms with E-state index >= 15 is 0 Å². The lowest BCUT2D eigenvalue weighted by atomic mass is 10.2. The Morgan fingerprint density at radius 1 is 1.10 bits per heavy atom. The van der Waals surface area contributed by atoms with Gasteiger partial charge in [-0.25, -0.2) is 4.98 Å². The van der Waals surface area contributed by atoms with Crippen molar-refractivity contribution in [1.82, 2.24) is 9.38 Å². The molecule has 1 amide bonds. The van der Waals surface area contributed by atoms with E-state index in [0.717, 1.165) is 22.3 Å². The summed E-state index contributed by atoms with van der Waals surface area (Å²) < 4.78 is 13.5. The van der Waals surface area contributed by atoms with Crippen molar-refractivity contribution in [2.24, 2.45) is 0 Å². The van der Waals surface area contributed by atoms with Gasteiger partial charge >= 0.3 is 0 Å². The minimum atomic E-state index is -0.304. The molecule has 0 saturated heterocycles. The molecule has 0 unspecified atom stereocenters. The Morgan fingerprint density at radius 2 is 2.03 bits per heavy atom. The Kier molecular flexibility index (Phi) is 4.44. The summed E-state index contributed by atoms with van der Waals surface area (Å²) in [6, 6.07) is 20.7. The third kappa shape index (κ3) is 3.63. The molecular weight excluding hydrogens is 378 g/mol. The van der Waals surface area contributed by atoms with Gasteiger partial charge in [0.25, 0.3) is 5.91 Å². The predicted molar refractivity (Wildman–Crippen MR) is 115 cm³/mol. The van der Waals surface area contributed by atoms with Crippen molar-refractivity contribution >= 4 is 28.2 Å². The predicted octanol–water partition coefficient (Wildman–Crippen LogP) is 5.22. The number of imidazole rings is 1. The van der Waals surface area contributed by atoms with Crippen LogP contribution in [0.1, 0.15) is 21.8 Å². The normalized spacial score (nSPS) is 11.1. The molecule has 0 saturated carbocycles. The summed E-state index contributed by atoms with van der Waals surface area (Å²) in [5, 5.41) is 3.77. The molecule has 148 valence electrons. The zero-order valence-electron chi connectivity index (χ0n) is 16.3. The van der Waals surface area contributed by atoms with Crippen LogP contribution in [0, 0.1) is 6.92 Å². The molecule has 1 N–H and O–H groups in total. The van der Waals surface area contributed by atoms with Crippen LogP contribution in [0.2, 0.25) is 0 Å². The quantitative estimate of drug-likeness (QED) is 0.441. The topological polar surface area (TPSA) is 68.8 Å². The average Bonchev–Trinajstić information content (AvgIpc) is 3.36. The zero-order chi connectivity index (χ0) is 20.5. The number of nitrogens with zero attached hydrogens (tertiary/aromatic N) is 2. The molecule has 5 aromatic rings. The SMILES string of the molecule is Cc1ccc2oc(C(=O)Nc3cccc(OCc4cn5ccccc5n4)c3)cc2c1. The number of furan rings is 1. The lowest BCUT2D eigenvalue weighted by molar-refractivity contribution is 0.0998. The maximum absolute atomic E-state index is 12.6. The smallest absolute Gasteiger partial charge is 0.291 e. The van der Waals surface area contributed by atoms with Gasteiger partial charge in [0.2, 0.25) is 0 Å². The van der Waals surface area contributed by atoms with Crippen molar-refractivity contribution in [2.45, 2.75) is 13.5 Å². The lowest BCUT2D eigenvalue weighted by Gasteiger charge is -2.07. The summed E-state index contributed by atoms with van der Waals surface area (Å²) in [6.45, 7) is 2.34. The van der Waals surface area contributed by atoms with Crippen molar-refractivity contribution in [1.29, 1.82) is 0 Å². The van der Waals surface area contributed by atoms with E-state index in [0.29, 0.717) is 23.6 Å². The van der Waals surface area contributed by atoms with Gasteiger partial charge < -0.3 is 18.9 Å². The zero-order valence-corrected chi connectivity index (χ0v) is 16.3. The largest absolute Gasteiger partial charge is 0.487 e. The number of rotatable bonds is 5. The summed E-state index contributed by atoms with van der Waals surface area (Å²) in [5.41, 5.74) is 4.14. The minimum Gasteiger partial charge on any atom is -0.487 e. The number of aromatic nitrogens is 2. The molecular formula is C24H19N3O3. The van der Waals surface area contributed by atoms with Crippen molar-refractivity contribution < 1.29 is 13.9 Å². The molecule has 30 heavy (non-hydrogen) atoms. The van der Waals surface area contributed by atoms with Crippen LogP contribution in [0.3, 0.4) is 0 Å². The lowest BCUT2D eigenvalue weighted by Crippen LogP contribution is -2.10. The van der Waals surface area contributed by atoms with Crippen LogP contribution in [0.25, 0.3) is 16.6 Å². The standard InChI is InChI=1S/C24H19N3O3/c1-16-8-9-21-17(11-16)12-22(30-21)24(28)26-18-5-4-6-20(13-18)29-15-19-14-27-10-3-2-7-23(27)25-19/h2-14H,15H2,1H3,(H,26,28). The number of aryl methyl sites for hydroxylation is 1. The maximum Gasteiger partial charge on any atom is 0.291 e. The first-order valence-corrected chi connectivity index (χ1v) is 9.61. The Morgan fingerprint density at radius 3 is 2.93 bits per heavy atom. The number of fused-ring (bicyclic) bond motifs is 2. The number of pyridine rings is 1. The van der Waals surface area contributed by atoms with Crippen LogP contribution in [-0.4, -0.2) is 15.3 Å². The van der Waals surface area contributed by atoms with E-state index in [1.54, 1.807) is 12.1 Å². The van der Waals surface area contributed by atoms with E-state index < -0.39 is 0 Å². The molecule has 3 heterocycles. The molecule has 5 rings (SSSR count). The van der Waals surface area contributed by atoms with Crippen LogP contribution >= 0.6 is 0 Å². The fourth-order valence-corrected chi connectivity index (χ4v) is 3.35. The van der Waals surface area contributed by atoms with Crippen LogP contribution < -0.4 is 10.1 Å². The van der Waals surface area contributed by atoms with Crippen molar-refractivity contribution in [3.63, 3.8) is 0 Å². The molecule has 3 aromatic heterocycles. The Bertz CT molecular complexity index is 1330. The monoisotopic (exact) mass is 397 g/mol. The van der Waals surface area contributed by atoms with Crippen molar-refractivity contribution in [3.05, 3.63) is 96.1 Å². The van der Waals surface area contributed by atoms with Gasteiger partial charge in [-0.1, -0.05) is 23.8 Å². The number of ether oxygens (including phenoxy) is 1.